The van der Waals surface area contributed by atoms with Gasteiger partial charge in [-0.2, -0.15) is 0 Å². The van der Waals surface area contributed by atoms with E-state index in [9.17, 15) is 19.8 Å². The van der Waals surface area contributed by atoms with Gasteiger partial charge in [-0.1, -0.05) is 366 Å². The molecule has 6 heteroatoms. The van der Waals surface area contributed by atoms with Crippen LogP contribution in [0.1, 0.15) is 425 Å². The Morgan fingerprint density at radius 1 is 0.329 bits per heavy atom. The van der Waals surface area contributed by atoms with Crippen LogP contribution in [0, 0.1) is 0 Å². The molecule has 2 atom stereocenters. The predicted molar refractivity (Wildman–Crippen MR) is 361 cm³/mol. The lowest BCUT2D eigenvalue weighted by molar-refractivity contribution is -0.143. The standard InChI is InChI=1S/C76H147NO5/c1-3-5-7-9-11-13-15-16-17-18-19-33-36-39-42-45-49-52-56-60-64-68-74(79)73(72-78)77-75(80)69-65-61-57-53-50-46-43-40-37-34-31-29-27-25-23-21-20-22-24-26-28-30-32-35-38-41-44-47-51-55-59-63-67-71-82-76(81)70-66-62-58-54-48-14-12-10-8-6-4-2/h10,12,24,26,73-74,78-79H,3-9,11,13-23,25,27-72H2,1-2H3,(H,77,80)/b12-10-,26-24-. The summed E-state index contributed by atoms with van der Waals surface area (Å²) in [5.41, 5.74) is 0. The van der Waals surface area contributed by atoms with E-state index in [0.29, 0.717) is 25.9 Å². The van der Waals surface area contributed by atoms with Crippen molar-refractivity contribution < 1.29 is 24.5 Å². The third kappa shape index (κ3) is 67.5. The Labute approximate surface area is 513 Å². The molecule has 0 aliphatic heterocycles. The Balaban J connectivity index is 3.35. The minimum atomic E-state index is -0.663. The fraction of sp³-hybridized carbons (Fsp3) is 0.921. The molecule has 1 amide bonds. The molecule has 0 aliphatic rings. The zero-order valence-corrected chi connectivity index (χ0v) is 55.8. The number of hydrogen-bond acceptors (Lipinski definition) is 5. The first-order chi connectivity index (χ1) is 40.5. The summed E-state index contributed by atoms with van der Waals surface area (Å²) in [6, 6.07) is -0.540. The van der Waals surface area contributed by atoms with Crippen LogP contribution in [0.25, 0.3) is 0 Å². The molecule has 0 aromatic carbocycles. The van der Waals surface area contributed by atoms with Gasteiger partial charge in [0.2, 0.25) is 5.91 Å². The van der Waals surface area contributed by atoms with Crippen molar-refractivity contribution in [2.45, 2.75) is 437 Å². The molecule has 0 saturated carbocycles. The number of carbonyl (C=O) groups excluding carboxylic acids is 2. The summed E-state index contributed by atoms with van der Waals surface area (Å²) in [4.78, 5) is 24.6. The summed E-state index contributed by atoms with van der Waals surface area (Å²) < 4.78 is 5.47. The Morgan fingerprint density at radius 3 is 0.902 bits per heavy atom. The second-order valence-electron chi connectivity index (χ2n) is 26.0. The molecule has 0 rings (SSSR count). The van der Waals surface area contributed by atoms with E-state index in [-0.39, 0.29) is 18.5 Å². The third-order valence-electron chi connectivity index (χ3n) is 17.7. The first-order valence-electron chi connectivity index (χ1n) is 37.6. The van der Waals surface area contributed by atoms with E-state index in [0.717, 1.165) is 44.9 Å². The van der Waals surface area contributed by atoms with Gasteiger partial charge in [0.05, 0.1) is 25.4 Å². The van der Waals surface area contributed by atoms with Gasteiger partial charge < -0.3 is 20.3 Å². The van der Waals surface area contributed by atoms with Crippen LogP contribution >= 0.6 is 0 Å². The van der Waals surface area contributed by atoms with Crippen LogP contribution in [-0.2, 0) is 14.3 Å². The molecule has 0 aromatic rings. The first kappa shape index (κ1) is 80.3. The average Bonchev–Trinajstić information content (AvgIpc) is 3.48. The molecule has 6 nitrogen and oxygen atoms in total. The maximum absolute atomic E-state index is 12.6. The van der Waals surface area contributed by atoms with E-state index < -0.39 is 12.1 Å². The topological polar surface area (TPSA) is 95.9 Å². The zero-order valence-electron chi connectivity index (χ0n) is 55.8. The first-order valence-corrected chi connectivity index (χ1v) is 37.6. The molecular weight excluding hydrogens is 1010 g/mol. The van der Waals surface area contributed by atoms with Crippen molar-refractivity contribution in [1.82, 2.24) is 5.32 Å². The Hall–Kier alpha value is -1.66. The minimum Gasteiger partial charge on any atom is -0.466 e. The van der Waals surface area contributed by atoms with Gasteiger partial charge in [-0.25, -0.2) is 0 Å². The number of unbranched alkanes of at least 4 members (excludes halogenated alkanes) is 56. The molecule has 0 aliphatic carbocycles. The fourth-order valence-corrected chi connectivity index (χ4v) is 12.0. The van der Waals surface area contributed by atoms with Crippen LogP contribution in [0.4, 0.5) is 0 Å². The summed E-state index contributed by atoms with van der Waals surface area (Å²) in [5, 5.41) is 23.4. The van der Waals surface area contributed by atoms with Crippen LogP contribution in [0.2, 0.25) is 0 Å². The van der Waals surface area contributed by atoms with Crippen LogP contribution in [-0.4, -0.2) is 47.4 Å². The molecule has 0 bridgehead atoms. The Kier molecular flexibility index (Phi) is 70.4. The highest BCUT2D eigenvalue weighted by molar-refractivity contribution is 5.76. The number of nitrogens with one attached hydrogen (secondary N) is 1. The number of amides is 1. The minimum absolute atomic E-state index is 0.00823. The summed E-state index contributed by atoms with van der Waals surface area (Å²) in [5.74, 6) is -0.0187. The molecule has 2 unspecified atom stereocenters. The van der Waals surface area contributed by atoms with Crippen LogP contribution < -0.4 is 5.32 Å². The van der Waals surface area contributed by atoms with Gasteiger partial charge in [-0.3, -0.25) is 9.59 Å². The molecule has 3 N–H and O–H groups in total. The quantitative estimate of drug-likeness (QED) is 0.0320. The van der Waals surface area contributed by atoms with Gasteiger partial charge in [-0.05, 0) is 70.6 Å². The molecule has 0 radical (unpaired) electrons. The lowest BCUT2D eigenvalue weighted by Crippen LogP contribution is -2.45. The maximum Gasteiger partial charge on any atom is 0.305 e. The maximum atomic E-state index is 12.6. The van der Waals surface area contributed by atoms with Gasteiger partial charge in [0.15, 0.2) is 0 Å². The molecule has 0 heterocycles. The number of allylic oxidation sites excluding steroid dienone is 4. The van der Waals surface area contributed by atoms with E-state index in [1.165, 1.54) is 347 Å². The van der Waals surface area contributed by atoms with E-state index >= 15 is 0 Å². The highest BCUT2D eigenvalue weighted by atomic mass is 16.5. The van der Waals surface area contributed by atoms with Gasteiger partial charge in [0.25, 0.3) is 0 Å². The van der Waals surface area contributed by atoms with Gasteiger partial charge in [-0.15, -0.1) is 0 Å². The summed E-state index contributed by atoms with van der Waals surface area (Å²) in [6.45, 7) is 4.96. The van der Waals surface area contributed by atoms with Crippen LogP contribution in [0.5, 0.6) is 0 Å². The van der Waals surface area contributed by atoms with Gasteiger partial charge >= 0.3 is 5.97 Å². The van der Waals surface area contributed by atoms with E-state index in [2.05, 4.69) is 43.5 Å². The van der Waals surface area contributed by atoms with E-state index in [1.54, 1.807) is 0 Å². The van der Waals surface area contributed by atoms with Crippen molar-refractivity contribution in [3.8, 4) is 0 Å². The highest BCUT2D eigenvalue weighted by Gasteiger charge is 2.20. The second-order valence-corrected chi connectivity index (χ2v) is 26.0. The monoisotopic (exact) mass is 1150 g/mol. The Morgan fingerprint density at radius 2 is 0.585 bits per heavy atom. The molecule has 0 fully saturated rings. The largest absolute Gasteiger partial charge is 0.466 e. The van der Waals surface area contributed by atoms with E-state index in [4.69, 9.17) is 4.74 Å². The number of hydrogen-bond donors (Lipinski definition) is 3. The van der Waals surface area contributed by atoms with Crippen molar-refractivity contribution in [3.05, 3.63) is 24.3 Å². The zero-order chi connectivity index (χ0) is 59.2. The number of aliphatic hydroxyl groups excluding tert-OH is 2. The normalized spacial score (nSPS) is 12.6. The number of carbonyl (C=O) groups is 2. The van der Waals surface area contributed by atoms with Crippen molar-refractivity contribution in [2.75, 3.05) is 13.2 Å². The SMILES string of the molecule is CCCC/C=C\CCCCCCCC(=O)OCCCCCCCCCCCCCC/C=C\CCCCCCCCCCCCCCCCCCCC(=O)NC(CO)C(O)CCCCCCCCCCCCCCCCCCCCCCC. The number of ether oxygens (including phenoxy) is 1. The van der Waals surface area contributed by atoms with Crippen molar-refractivity contribution in [3.63, 3.8) is 0 Å². The summed E-state index contributed by atoms with van der Waals surface area (Å²) >= 11 is 0. The molecule has 82 heavy (non-hydrogen) atoms. The van der Waals surface area contributed by atoms with Crippen molar-refractivity contribution in [1.29, 1.82) is 0 Å². The highest BCUT2D eigenvalue weighted by Crippen LogP contribution is 2.19. The molecule has 0 aromatic heterocycles. The number of rotatable bonds is 71. The average molecular weight is 1160 g/mol. The molecule has 0 spiro atoms. The Bertz CT molecular complexity index is 1280. The lowest BCUT2D eigenvalue weighted by atomic mass is 10.0. The van der Waals surface area contributed by atoms with Crippen LogP contribution in [0.15, 0.2) is 24.3 Å². The van der Waals surface area contributed by atoms with Crippen LogP contribution in [0.3, 0.4) is 0 Å². The molecule has 486 valence electrons. The summed E-state index contributed by atoms with van der Waals surface area (Å²) in [7, 11) is 0. The van der Waals surface area contributed by atoms with Gasteiger partial charge in [0, 0.05) is 12.8 Å². The molecule has 0 saturated heterocycles. The summed E-state index contributed by atoms with van der Waals surface area (Å²) in [6.07, 6.45) is 91.1. The fourth-order valence-electron chi connectivity index (χ4n) is 12.0. The van der Waals surface area contributed by atoms with Gasteiger partial charge in [0.1, 0.15) is 0 Å². The predicted octanol–water partition coefficient (Wildman–Crippen LogP) is 24.5. The van der Waals surface area contributed by atoms with E-state index in [1.807, 2.05) is 0 Å². The molecular formula is C76H147NO5. The third-order valence-corrected chi connectivity index (χ3v) is 17.7. The number of esters is 1. The van der Waals surface area contributed by atoms with Crippen molar-refractivity contribution in [2.24, 2.45) is 0 Å². The lowest BCUT2D eigenvalue weighted by Gasteiger charge is -2.22. The van der Waals surface area contributed by atoms with Crippen molar-refractivity contribution >= 4 is 11.9 Å². The smallest absolute Gasteiger partial charge is 0.305 e. The second kappa shape index (κ2) is 71.8. The number of aliphatic hydroxyl groups is 2.